The Hall–Kier alpha value is -2.98. The molecule has 0 N–H and O–H groups in total. The first-order valence-electron chi connectivity index (χ1n) is 10.6. The second kappa shape index (κ2) is 9.68. The molecular formula is C26H28N2O2. The Morgan fingerprint density at radius 1 is 1.00 bits per heavy atom. The number of hydrogen-bond donors (Lipinski definition) is 0. The zero-order valence-electron chi connectivity index (χ0n) is 17.5. The van der Waals surface area contributed by atoms with E-state index in [2.05, 4.69) is 65.3 Å². The molecule has 2 heterocycles. The van der Waals surface area contributed by atoms with Gasteiger partial charge < -0.3 is 9.64 Å². The molecular weight excluding hydrogens is 372 g/mol. The van der Waals surface area contributed by atoms with Gasteiger partial charge in [0.05, 0.1) is 13.2 Å². The minimum atomic E-state index is 0.228. The van der Waals surface area contributed by atoms with E-state index in [1.807, 2.05) is 18.3 Å². The van der Waals surface area contributed by atoms with Crippen LogP contribution in [0.1, 0.15) is 23.2 Å². The van der Waals surface area contributed by atoms with Gasteiger partial charge in [-0.25, -0.2) is 0 Å². The normalized spacial score (nSPS) is 14.0. The molecule has 1 aromatic heterocycles. The van der Waals surface area contributed by atoms with Gasteiger partial charge >= 0.3 is 0 Å². The molecule has 4 nitrogen and oxygen atoms in total. The first-order valence-corrected chi connectivity index (χ1v) is 10.6. The summed E-state index contributed by atoms with van der Waals surface area (Å²) < 4.78 is 5.42. The fourth-order valence-electron chi connectivity index (χ4n) is 3.83. The number of carbonyl (C=O) groups is 1. The van der Waals surface area contributed by atoms with Crippen LogP contribution in [0.3, 0.4) is 0 Å². The van der Waals surface area contributed by atoms with Crippen LogP contribution >= 0.6 is 0 Å². The quantitative estimate of drug-likeness (QED) is 0.580. The molecule has 4 heteroatoms. The van der Waals surface area contributed by atoms with Crippen LogP contribution in [0.25, 0.3) is 11.1 Å². The summed E-state index contributed by atoms with van der Waals surface area (Å²) in [7, 11) is 0. The fraction of sp³-hybridized carbons (Fsp3) is 0.308. The average Bonchev–Trinajstić information content (AvgIpc) is 2.79. The molecule has 1 aliphatic rings. The molecule has 2 aromatic carbocycles. The van der Waals surface area contributed by atoms with Crippen LogP contribution in [0.4, 0.5) is 5.69 Å². The van der Waals surface area contributed by atoms with Crippen LogP contribution in [0.15, 0.2) is 66.9 Å². The standard InChI is InChI=1S/C26H28N2O2/c1-20-3-2-4-21(17-20)5-12-26(29)18-24-9-6-23(19-27-24)22-7-10-25(11-8-22)28-13-15-30-16-14-28/h2-4,6-11,17,19H,5,12-16,18H2,1H3. The van der Waals surface area contributed by atoms with E-state index in [4.69, 9.17) is 4.74 Å². The van der Waals surface area contributed by atoms with Gasteiger partial charge in [0.25, 0.3) is 0 Å². The van der Waals surface area contributed by atoms with Crippen LogP contribution in [0, 0.1) is 6.92 Å². The van der Waals surface area contributed by atoms with Crippen LogP contribution in [-0.2, 0) is 22.4 Å². The predicted octanol–water partition coefficient (Wildman–Crippen LogP) is 4.64. The topological polar surface area (TPSA) is 42.4 Å². The Labute approximate surface area is 178 Å². The lowest BCUT2D eigenvalue weighted by molar-refractivity contribution is -0.118. The molecule has 1 aliphatic heterocycles. The van der Waals surface area contributed by atoms with E-state index in [-0.39, 0.29) is 5.78 Å². The molecule has 0 amide bonds. The van der Waals surface area contributed by atoms with E-state index in [0.29, 0.717) is 12.8 Å². The van der Waals surface area contributed by atoms with Crippen molar-refractivity contribution in [3.05, 3.63) is 83.7 Å². The summed E-state index contributed by atoms with van der Waals surface area (Å²) in [6, 6.07) is 20.9. The summed E-state index contributed by atoms with van der Waals surface area (Å²) in [6.45, 7) is 5.53. The van der Waals surface area contributed by atoms with Crippen LogP contribution < -0.4 is 4.90 Å². The van der Waals surface area contributed by atoms with E-state index in [0.717, 1.165) is 49.5 Å². The molecule has 154 valence electrons. The molecule has 0 aliphatic carbocycles. The highest BCUT2D eigenvalue weighted by Crippen LogP contribution is 2.23. The number of nitrogens with zero attached hydrogens (tertiary/aromatic N) is 2. The maximum Gasteiger partial charge on any atom is 0.139 e. The molecule has 0 spiro atoms. The molecule has 0 saturated carbocycles. The van der Waals surface area contributed by atoms with Gasteiger partial charge in [0, 0.05) is 49.1 Å². The van der Waals surface area contributed by atoms with Gasteiger partial charge in [-0.1, -0.05) is 48.0 Å². The number of anilines is 1. The highest BCUT2D eigenvalue weighted by molar-refractivity contribution is 5.80. The van der Waals surface area contributed by atoms with E-state index in [9.17, 15) is 4.79 Å². The summed E-state index contributed by atoms with van der Waals surface area (Å²) in [6.07, 6.45) is 3.60. The minimum absolute atomic E-state index is 0.228. The van der Waals surface area contributed by atoms with Gasteiger partial charge in [0.15, 0.2) is 0 Å². The zero-order chi connectivity index (χ0) is 20.8. The van der Waals surface area contributed by atoms with Gasteiger partial charge in [0.1, 0.15) is 5.78 Å². The summed E-state index contributed by atoms with van der Waals surface area (Å²) in [5, 5.41) is 0. The highest BCUT2D eigenvalue weighted by atomic mass is 16.5. The third kappa shape index (κ3) is 5.33. The van der Waals surface area contributed by atoms with Crippen molar-refractivity contribution in [1.29, 1.82) is 0 Å². The number of pyridine rings is 1. The summed E-state index contributed by atoms with van der Waals surface area (Å²) in [5.41, 5.74) is 6.71. The lowest BCUT2D eigenvalue weighted by Crippen LogP contribution is -2.36. The van der Waals surface area contributed by atoms with Crippen molar-refractivity contribution in [2.24, 2.45) is 0 Å². The molecule has 0 radical (unpaired) electrons. The van der Waals surface area contributed by atoms with Gasteiger partial charge in [-0.05, 0) is 42.7 Å². The Morgan fingerprint density at radius 3 is 2.47 bits per heavy atom. The van der Waals surface area contributed by atoms with Crippen LogP contribution in [0.2, 0.25) is 0 Å². The van der Waals surface area contributed by atoms with E-state index in [1.165, 1.54) is 16.8 Å². The van der Waals surface area contributed by atoms with Crippen LogP contribution in [-0.4, -0.2) is 37.1 Å². The average molecular weight is 401 g/mol. The van der Waals surface area contributed by atoms with Gasteiger partial charge in [-0.3, -0.25) is 9.78 Å². The number of aryl methyl sites for hydroxylation is 2. The van der Waals surface area contributed by atoms with Crippen molar-refractivity contribution < 1.29 is 9.53 Å². The van der Waals surface area contributed by atoms with Crippen molar-refractivity contribution >= 4 is 11.5 Å². The predicted molar refractivity (Wildman–Crippen MR) is 121 cm³/mol. The first-order chi connectivity index (χ1) is 14.7. The Bertz CT molecular complexity index is 975. The van der Waals surface area contributed by atoms with Crippen LogP contribution in [0.5, 0.6) is 0 Å². The van der Waals surface area contributed by atoms with E-state index >= 15 is 0 Å². The third-order valence-electron chi connectivity index (χ3n) is 5.55. The van der Waals surface area contributed by atoms with Crippen molar-refractivity contribution in [3.8, 4) is 11.1 Å². The number of ketones is 1. The Kier molecular flexibility index (Phi) is 6.55. The number of morpholine rings is 1. The number of benzene rings is 2. The molecule has 1 saturated heterocycles. The number of rotatable bonds is 7. The Morgan fingerprint density at radius 2 is 1.77 bits per heavy atom. The fourth-order valence-corrected chi connectivity index (χ4v) is 3.83. The lowest BCUT2D eigenvalue weighted by Gasteiger charge is -2.28. The molecule has 30 heavy (non-hydrogen) atoms. The largest absolute Gasteiger partial charge is 0.378 e. The minimum Gasteiger partial charge on any atom is -0.378 e. The second-order valence-electron chi connectivity index (χ2n) is 7.89. The number of aromatic nitrogens is 1. The monoisotopic (exact) mass is 400 g/mol. The van der Waals surface area contributed by atoms with Crippen molar-refractivity contribution in [3.63, 3.8) is 0 Å². The molecule has 0 bridgehead atoms. The lowest BCUT2D eigenvalue weighted by atomic mass is 10.0. The number of hydrogen-bond acceptors (Lipinski definition) is 4. The number of Topliss-reactive ketones (excluding diaryl/α,β-unsaturated/α-hetero) is 1. The first kappa shape index (κ1) is 20.3. The van der Waals surface area contributed by atoms with Gasteiger partial charge in [-0.15, -0.1) is 0 Å². The van der Waals surface area contributed by atoms with E-state index in [1.54, 1.807) is 0 Å². The SMILES string of the molecule is Cc1cccc(CCC(=O)Cc2ccc(-c3ccc(N4CCOCC4)cc3)cn2)c1. The summed E-state index contributed by atoms with van der Waals surface area (Å²) in [5.74, 6) is 0.228. The molecule has 1 fully saturated rings. The van der Waals surface area contributed by atoms with Crippen molar-refractivity contribution in [2.45, 2.75) is 26.2 Å². The maximum absolute atomic E-state index is 12.4. The third-order valence-corrected chi connectivity index (χ3v) is 5.55. The van der Waals surface area contributed by atoms with Gasteiger partial charge in [0.2, 0.25) is 0 Å². The number of carbonyl (C=O) groups excluding carboxylic acids is 1. The summed E-state index contributed by atoms with van der Waals surface area (Å²) >= 11 is 0. The number of ether oxygens (including phenoxy) is 1. The highest BCUT2D eigenvalue weighted by Gasteiger charge is 2.11. The molecule has 0 atom stereocenters. The Balaban J connectivity index is 1.32. The smallest absolute Gasteiger partial charge is 0.139 e. The zero-order valence-corrected chi connectivity index (χ0v) is 17.5. The van der Waals surface area contributed by atoms with Crippen molar-refractivity contribution in [1.82, 2.24) is 4.98 Å². The summed E-state index contributed by atoms with van der Waals surface area (Å²) in [4.78, 5) is 19.2. The molecule has 3 aromatic rings. The van der Waals surface area contributed by atoms with Gasteiger partial charge in [-0.2, -0.15) is 0 Å². The molecule has 0 unspecified atom stereocenters. The maximum atomic E-state index is 12.4. The molecule has 4 rings (SSSR count). The van der Waals surface area contributed by atoms with E-state index < -0.39 is 0 Å². The second-order valence-corrected chi connectivity index (χ2v) is 7.89. The van der Waals surface area contributed by atoms with Crippen molar-refractivity contribution in [2.75, 3.05) is 31.2 Å².